The molecule has 0 aliphatic heterocycles. The number of nitrogen functional groups attached to an aromatic ring is 1. The molecular formula is C12H19N3O4S. The van der Waals surface area contributed by atoms with Crippen molar-refractivity contribution in [2.75, 3.05) is 45.0 Å². The van der Waals surface area contributed by atoms with Crippen LogP contribution in [0, 0.1) is 0 Å². The SMILES string of the molecule is CCOCCNc1sc(C(=O)OC)c(N)c1C(=O)NC. The van der Waals surface area contributed by atoms with E-state index in [4.69, 9.17) is 10.5 Å². The number of thiophene rings is 1. The summed E-state index contributed by atoms with van der Waals surface area (Å²) in [5, 5.41) is 6.08. The van der Waals surface area contributed by atoms with E-state index in [9.17, 15) is 9.59 Å². The molecular weight excluding hydrogens is 282 g/mol. The van der Waals surface area contributed by atoms with Gasteiger partial charge >= 0.3 is 5.97 Å². The molecule has 1 heterocycles. The second kappa shape index (κ2) is 7.71. The van der Waals surface area contributed by atoms with E-state index >= 15 is 0 Å². The molecule has 0 bridgehead atoms. The second-order valence-electron chi connectivity index (χ2n) is 3.74. The van der Waals surface area contributed by atoms with E-state index in [2.05, 4.69) is 15.4 Å². The van der Waals surface area contributed by atoms with Crippen molar-refractivity contribution >= 4 is 33.9 Å². The van der Waals surface area contributed by atoms with Crippen LogP contribution in [-0.2, 0) is 9.47 Å². The predicted octanol–water partition coefficient (Wildman–Crippen LogP) is 0.925. The van der Waals surface area contributed by atoms with Gasteiger partial charge in [0.25, 0.3) is 5.91 Å². The standard InChI is InChI=1S/C12H19N3O4S/c1-4-19-6-5-15-11-7(10(16)14-2)8(13)9(20-11)12(17)18-3/h15H,4-6,13H2,1-3H3,(H,14,16). The molecule has 0 saturated carbocycles. The molecule has 1 amide bonds. The number of nitrogens with two attached hydrogens (primary N) is 1. The monoisotopic (exact) mass is 301 g/mol. The number of esters is 1. The maximum Gasteiger partial charge on any atom is 0.350 e. The van der Waals surface area contributed by atoms with Gasteiger partial charge in [-0.25, -0.2) is 4.79 Å². The van der Waals surface area contributed by atoms with Crippen LogP contribution in [0.2, 0.25) is 0 Å². The molecule has 1 aromatic rings. The van der Waals surface area contributed by atoms with Crippen LogP contribution < -0.4 is 16.4 Å². The fraction of sp³-hybridized carbons (Fsp3) is 0.500. The molecule has 0 fully saturated rings. The lowest BCUT2D eigenvalue weighted by molar-refractivity contribution is 0.0607. The first-order valence-electron chi connectivity index (χ1n) is 6.11. The number of carbonyl (C=O) groups is 2. The molecule has 0 spiro atoms. The number of ether oxygens (including phenoxy) is 2. The predicted molar refractivity (Wildman–Crippen MR) is 78.4 cm³/mol. The minimum atomic E-state index is -0.560. The van der Waals surface area contributed by atoms with Crippen LogP contribution in [0.4, 0.5) is 10.7 Å². The Morgan fingerprint density at radius 2 is 2.10 bits per heavy atom. The fourth-order valence-electron chi connectivity index (χ4n) is 1.54. The highest BCUT2D eigenvalue weighted by Crippen LogP contribution is 2.36. The number of hydrogen-bond acceptors (Lipinski definition) is 7. The molecule has 0 radical (unpaired) electrons. The average molecular weight is 301 g/mol. The topological polar surface area (TPSA) is 103 Å². The highest BCUT2D eigenvalue weighted by Gasteiger charge is 2.25. The Kier molecular flexibility index (Phi) is 6.26. The van der Waals surface area contributed by atoms with Gasteiger partial charge in [-0.15, -0.1) is 11.3 Å². The normalized spacial score (nSPS) is 10.2. The van der Waals surface area contributed by atoms with E-state index < -0.39 is 5.97 Å². The molecule has 20 heavy (non-hydrogen) atoms. The van der Waals surface area contributed by atoms with E-state index in [1.54, 1.807) is 0 Å². The Labute approximate surface area is 121 Å². The molecule has 8 heteroatoms. The molecule has 0 aliphatic rings. The van der Waals surface area contributed by atoms with E-state index in [1.807, 2.05) is 6.92 Å². The molecule has 0 unspecified atom stereocenters. The lowest BCUT2D eigenvalue weighted by Crippen LogP contribution is -2.21. The Morgan fingerprint density at radius 3 is 2.65 bits per heavy atom. The van der Waals surface area contributed by atoms with Crippen molar-refractivity contribution < 1.29 is 19.1 Å². The summed E-state index contributed by atoms with van der Waals surface area (Å²) < 4.78 is 9.86. The fourth-order valence-corrected chi connectivity index (χ4v) is 2.61. The zero-order valence-corrected chi connectivity index (χ0v) is 12.6. The molecule has 112 valence electrons. The number of anilines is 2. The molecule has 4 N–H and O–H groups in total. The van der Waals surface area contributed by atoms with Gasteiger partial charge in [-0.05, 0) is 6.92 Å². The average Bonchev–Trinajstić information content (AvgIpc) is 2.79. The van der Waals surface area contributed by atoms with Gasteiger partial charge in [0.2, 0.25) is 0 Å². The van der Waals surface area contributed by atoms with Gasteiger partial charge in [-0.1, -0.05) is 0 Å². The van der Waals surface area contributed by atoms with Gasteiger partial charge < -0.3 is 25.8 Å². The first-order valence-corrected chi connectivity index (χ1v) is 6.92. The smallest absolute Gasteiger partial charge is 0.350 e. The molecule has 0 aromatic carbocycles. The maximum absolute atomic E-state index is 11.9. The van der Waals surface area contributed by atoms with Crippen molar-refractivity contribution in [3.63, 3.8) is 0 Å². The zero-order chi connectivity index (χ0) is 15.1. The Bertz CT molecular complexity index is 487. The van der Waals surface area contributed by atoms with Gasteiger partial charge in [0.05, 0.1) is 25.0 Å². The molecule has 1 rings (SSSR count). The number of methoxy groups -OCH3 is 1. The van der Waals surface area contributed by atoms with Gasteiger partial charge in [-0.2, -0.15) is 0 Å². The van der Waals surface area contributed by atoms with Gasteiger partial charge in [0.15, 0.2) is 0 Å². The van der Waals surface area contributed by atoms with Crippen molar-refractivity contribution in [1.82, 2.24) is 5.32 Å². The molecule has 7 nitrogen and oxygen atoms in total. The first kappa shape index (κ1) is 16.3. The van der Waals surface area contributed by atoms with Crippen LogP contribution >= 0.6 is 11.3 Å². The van der Waals surface area contributed by atoms with Crippen LogP contribution in [0.1, 0.15) is 27.0 Å². The summed E-state index contributed by atoms with van der Waals surface area (Å²) >= 11 is 1.09. The summed E-state index contributed by atoms with van der Waals surface area (Å²) in [7, 11) is 2.77. The van der Waals surface area contributed by atoms with Crippen LogP contribution in [0.25, 0.3) is 0 Å². The third-order valence-electron chi connectivity index (χ3n) is 2.51. The minimum Gasteiger partial charge on any atom is -0.465 e. The lowest BCUT2D eigenvalue weighted by atomic mass is 10.2. The van der Waals surface area contributed by atoms with E-state index in [0.717, 1.165) is 11.3 Å². The highest BCUT2D eigenvalue weighted by atomic mass is 32.1. The Hall–Kier alpha value is -1.80. The number of nitrogens with one attached hydrogen (secondary N) is 2. The Balaban J connectivity index is 3.01. The third kappa shape index (κ3) is 3.61. The van der Waals surface area contributed by atoms with Gasteiger partial charge in [0.1, 0.15) is 9.88 Å². The number of carbonyl (C=O) groups excluding carboxylic acids is 2. The van der Waals surface area contributed by atoms with Crippen LogP contribution in [0.15, 0.2) is 0 Å². The lowest BCUT2D eigenvalue weighted by Gasteiger charge is -2.07. The summed E-state index contributed by atoms with van der Waals surface area (Å²) in [5.41, 5.74) is 6.25. The summed E-state index contributed by atoms with van der Waals surface area (Å²) in [4.78, 5) is 23.7. The maximum atomic E-state index is 11.9. The molecule has 1 aromatic heterocycles. The first-order chi connectivity index (χ1) is 9.56. The number of hydrogen-bond donors (Lipinski definition) is 3. The largest absolute Gasteiger partial charge is 0.465 e. The zero-order valence-electron chi connectivity index (χ0n) is 11.7. The van der Waals surface area contributed by atoms with Crippen LogP contribution in [-0.4, -0.2) is 45.8 Å². The summed E-state index contributed by atoms with van der Waals surface area (Å²) in [6.45, 7) is 3.52. The van der Waals surface area contributed by atoms with Crippen LogP contribution in [0.5, 0.6) is 0 Å². The second-order valence-corrected chi connectivity index (χ2v) is 4.76. The van der Waals surface area contributed by atoms with Crippen molar-refractivity contribution in [2.45, 2.75) is 6.92 Å². The van der Waals surface area contributed by atoms with Crippen molar-refractivity contribution in [3.05, 3.63) is 10.4 Å². The van der Waals surface area contributed by atoms with E-state index in [1.165, 1.54) is 14.2 Å². The van der Waals surface area contributed by atoms with Gasteiger partial charge in [-0.3, -0.25) is 4.79 Å². The third-order valence-corrected chi connectivity index (χ3v) is 3.65. The van der Waals surface area contributed by atoms with E-state index in [-0.39, 0.29) is 22.0 Å². The van der Waals surface area contributed by atoms with Crippen LogP contribution in [0.3, 0.4) is 0 Å². The van der Waals surface area contributed by atoms with E-state index in [0.29, 0.717) is 24.8 Å². The number of rotatable bonds is 7. The van der Waals surface area contributed by atoms with Gasteiger partial charge in [0, 0.05) is 20.2 Å². The summed E-state index contributed by atoms with van der Waals surface area (Å²) in [6, 6.07) is 0. The number of amides is 1. The summed E-state index contributed by atoms with van der Waals surface area (Å²) in [5.74, 6) is -0.914. The van der Waals surface area contributed by atoms with Crippen molar-refractivity contribution in [3.8, 4) is 0 Å². The molecule has 0 saturated heterocycles. The molecule has 0 atom stereocenters. The highest BCUT2D eigenvalue weighted by molar-refractivity contribution is 7.19. The minimum absolute atomic E-state index is 0.125. The summed E-state index contributed by atoms with van der Waals surface area (Å²) in [6.07, 6.45) is 0. The molecule has 0 aliphatic carbocycles. The quantitative estimate of drug-likeness (QED) is 0.511. The van der Waals surface area contributed by atoms with Crippen molar-refractivity contribution in [2.24, 2.45) is 0 Å². The Morgan fingerprint density at radius 1 is 1.40 bits per heavy atom. The van der Waals surface area contributed by atoms with Crippen molar-refractivity contribution in [1.29, 1.82) is 0 Å².